The highest BCUT2D eigenvalue weighted by Crippen LogP contribution is 2.09. The Bertz CT molecular complexity index is 845. The number of hydrogen-bond donors (Lipinski definition) is 0. The van der Waals surface area contributed by atoms with E-state index in [9.17, 15) is 4.79 Å². The average Bonchev–Trinajstić information content (AvgIpc) is 2.46. The van der Waals surface area contributed by atoms with E-state index in [-0.39, 0.29) is 11.2 Å². The molecule has 0 spiro atoms. The molecule has 94 valence electrons. The van der Waals surface area contributed by atoms with E-state index in [1.807, 2.05) is 42.5 Å². The third kappa shape index (κ3) is 2.08. The molecule has 4 heteroatoms. The first-order valence-electron chi connectivity index (χ1n) is 5.94. The molecule has 0 bridgehead atoms. The second kappa shape index (κ2) is 4.57. The van der Waals surface area contributed by atoms with Gasteiger partial charge in [-0.1, -0.05) is 30.3 Å². The lowest BCUT2D eigenvalue weighted by molar-refractivity contribution is 0.467. The monoisotopic (exact) mass is 252 g/mol. The smallest absolute Gasteiger partial charge is 0.305 e. The van der Waals surface area contributed by atoms with E-state index in [0.717, 1.165) is 5.69 Å². The van der Waals surface area contributed by atoms with Crippen LogP contribution in [-0.4, -0.2) is 4.57 Å². The molecule has 0 fully saturated rings. The molecule has 0 aliphatic heterocycles. The number of benzene rings is 2. The van der Waals surface area contributed by atoms with Crippen LogP contribution in [-0.2, 0) is 7.05 Å². The summed E-state index contributed by atoms with van der Waals surface area (Å²) in [6, 6.07) is 16.6. The van der Waals surface area contributed by atoms with Gasteiger partial charge in [0.25, 0.3) is 5.56 Å². The number of hydrogen-bond acceptors (Lipinski definition) is 3. The van der Waals surface area contributed by atoms with Crippen molar-refractivity contribution in [3.63, 3.8) is 0 Å². The molecular weight excluding hydrogens is 240 g/mol. The van der Waals surface area contributed by atoms with Crippen LogP contribution in [0.1, 0.15) is 0 Å². The Morgan fingerprint density at radius 1 is 1.00 bits per heavy atom. The van der Waals surface area contributed by atoms with Crippen LogP contribution in [0.4, 0.5) is 5.69 Å². The molecule has 0 radical (unpaired) electrons. The van der Waals surface area contributed by atoms with Crippen molar-refractivity contribution in [3.05, 3.63) is 70.6 Å². The first kappa shape index (κ1) is 11.5. The fourth-order valence-corrected chi connectivity index (χ4v) is 1.88. The van der Waals surface area contributed by atoms with Crippen LogP contribution in [0.5, 0.6) is 0 Å². The van der Waals surface area contributed by atoms with Gasteiger partial charge in [0, 0.05) is 7.05 Å². The Hall–Kier alpha value is -2.62. The lowest BCUT2D eigenvalue weighted by Crippen LogP contribution is -2.30. The first-order chi connectivity index (χ1) is 9.25. The van der Waals surface area contributed by atoms with E-state index in [4.69, 9.17) is 4.42 Å². The normalized spacial score (nSPS) is 11.9. The first-order valence-corrected chi connectivity index (χ1v) is 5.94. The maximum atomic E-state index is 12.2. The highest BCUT2D eigenvalue weighted by atomic mass is 16.3. The van der Waals surface area contributed by atoms with Crippen LogP contribution in [0.2, 0.25) is 0 Å². The van der Waals surface area contributed by atoms with Crippen molar-refractivity contribution >= 4 is 16.7 Å². The lowest BCUT2D eigenvalue weighted by atomic mass is 10.2. The van der Waals surface area contributed by atoms with Crippen molar-refractivity contribution in [2.24, 2.45) is 12.0 Å². The Morgan fingerprint density at radius 3 is 2.47 bits per heavy atom. The summed E-state index contributed by atoms with van der Waals surface area (Å²) < 4.78 is 7.09. The Labute approximate surface area is 109 Å². The predicted octanol–water partition coefficient (Wildman–Crippen LogP) is 2.36. The van der Waals surface area contributed by atoms with Gasteiger partial charge in [-0.05, 0) is 24.3 Å². The number of aromatic nitrogens is 1. The summed E-state index contributed by atoms with van der Waals surface area (Å²) >= 11 is 0. The van der Waals surface area contributed by atoms with Crippen LogP contribution in [0, 0.1) is 0 Å². The van der Waals surface area contributed by atoms with Crippen molar-refractivity contribution < 1.29 is 4.42 Å². The summed E-state index contributed by atoms with van der Waals surface area (Å²) in [5.41, 5.74) is 1.46. The van der Waals surface area contributed by atoms with Crippen molar-refractivity contribution in [3.8, 4) is 0 Å². The maximum absolute atomic E-state index is 12.2. The van der Waals surface area contributed by atoms with Crippen molar-refractivity contribution in [2.45, 2.75) is 0 Å². The lowest BCUT2D eigenvalue weighted by Gasteiger charge is -2.01. The van der Waals surface area contributed by atoms with Gasteiger partial charge in [0.2, 0.25) is 0 Å². The molecule has 1 aromatic heterocycles. The zero-order valence-corrected chi connectivity index (χ0v) is 10.4. The van der Waals surface area contributed by atoms with E-state index in [2.05, 4.69) is 4.99 Å². The summed E-state index contributed by atoms with van der Waals surface area (Å²) in [7, 11) is 1.65. The summed E-state index contributed by atoms with van der Waals surface area (Å²) in [6.07, 6.45) is 0. The predicted molar refractivity (Wildman–Crippen MR) is 73.1 cm³/mol. The summed E-state index contributed by atoms with van der Waals surface area (Å²) in [5.74, 6) is 0. The number of rotatable bonds is 1. The van der Waals surface area contributed by atoms with E-state index >= 15 is 0 Å². The van der Waals surface area contributed by atoms with Gasteiger partial charge in [0.1, 0.15) is 5.58 Å². The molecule has 1 heterocycles. The summed E-state index contributed by atoms with van der Waals surface area (Å²) in [5, 5.41) is 0.553. The van der Waals surface area contributed by atoms with Crippen molar-refractivity contribution in [2.75, 3.05) is 0 Å². The molecule has 3 aromatic rings. The molecule has 0 aliphatic carbocycles. The van der Waals surface area contributed by atoms with E-state index in [0.29, 0.717) is 11.0 Å². The largest absolute Gasteiger partial charge is 0.425 e. The van der Waals surface area contributed by atoms with Crippen LogP contribution in [0.15, 0.2) is 68.8 Å². The molecule has 0 amide bonds. The van der Waals surface area contributed by atoms with Gasteiger partial charge in [-0.25, -0.2) is 0 Å². The van der Waals surface area contributed by atoms with Gasteiger partial charge < -0.3 is 4.42 Å². The highest BCUT2D eigenvalue weighted by molar-refractivity contribution is 5.74. The third-order valence-corrected chi connectivity index (χ3v) is 2.89. The van der Waals surface area contributed by atoms with Crippen LogP contribution < -0.4 is 11.2 Å². The topological polar surface area (TPSA) is 47.5 Å². The quantitative estimate of drug-likeness (QED) is 0.667. The van der Waals surface area contributed by atoms with Gasteiger partial charge in [-0.3, -0.25) is 9.36 Å². The minimum absolute atomic E-state index is 0.114. The number of para-hydroxylation sites is 2. The van der Waals surface area contributed by atoms with Crippen molar-refractivity contribution in [1.82, 2.24) is 4.57 Å². The van der Waals surface area contributed by atoms with Crippen LogP contribution in [0.3, 0.4) is 0 Å². The highest BCUT2D eigenvalue weighted by Gasteiger charge is 2.04. The van der Waals surface area contributed by atoms with Gasteiger partial charge in [-0.2, -0.15) is 4.99 Å². The summed E-state index contributed by atoms with van der Waals surface area (Å²) in [6.45, 7) is 0. The molecule has 0 saturated heterocycles. The number of nitrogens with zero attached hydrogens (tertiary/aromatic N) is 2. The molecule has 2 aromatic carbocycles. The molecule has 0 atom stereocenters. The molecule has 0 N–H and O–H groups in total. The SMILES string of the molecule is Cn1c(=Nc2ccccc2)oc2ccccc2c1=O. The van der Waals surface area contributed by atoms with E-state index in [1.165, 1.54) is 4.57 Å². The van der Waals surface area contributed by atoms with Crippen LogP contribution in [0.25, 0.3) is 11.0 Å². The minimum Gasteiger partial charge on any atom is -0.425 e. The Balaban J connectivity index is 2.34. The van der Waals surface area contributed by atoms with Gasteiger partial charge in [0.15, 0.2) is 0 Å². The average molecular weight is 252 g/mol. The number of fused-ring (bicyclic) bond motifs is 1. The van der Waals surface area contributed by atoms with Gasteiger partial charge in [-0.15, -0.1) is 0 Å². The molecule has 4 nitrogen and oxygen atoms in total. The van der Waals surface area contributed by atoms with Crippen LogP contribution >= 0.6 is 0 Å². The van der Waals surface area contributed by atoms with Gasteiger partial charge >= 0.3 is 5.68 Å². The zero-order valence-electron chi connectivity index (χ0n) is 10.4. The Morgan fingerprint density at radius 2 is 1.68 bits per heavy atom. The molecule has 19 heavy (non-hydrogen) atoms. The molecule has 0 saturated carbocycles. The van der Waals surface area contributed by atoms with E-state index < -0.39 is 0 Å². The Kier molecular flexibility index (Phi) is 2.76. The molecular formula is C15H12N2O2. The standard InChI is InChI=1S/C15H12N2O2/c1-17-14(18)12-9-5-6-10-13(12)19-15(17)16-11-7-3-2-4-8-11/h2-10H,1H3. The van der Waals surface area contributed by atoms with E-state index in [1.54, 1.807) is 19.2 Å². The fourth-order valence-electron chi connectivity index (χ4n) is 1.88. The third-order valence-electron chi connectivity index (χ3n) is 2.89. The second-order valence-corrected chi connectivity index (χ2v) is 4.19. The summed E-state index contributed by atoms with van der Waals surface area (Å²) in [4.78, 5) is 16.5. The second-order valence-electron chi connectivity index (χ2n) is 4.19. The van der Waals surface area contributed by atoms with Gasteiger partial charge in [0.05, 0.1) is 11.1 Å². The molecule has 0 unspecified atom stereocenters. The fraction of sp³-hybridized carbons (Fsp3) is 0.0667. The molecule has 3 rings (SSSR count). The van der Waals surface area contributed by atoms with Crippen molar-refractivity contribution in [1.29, 1.82) is 0 Å². The maximum Gasteiger partial charge on any atom is 0.305 e. The minimum atomic E-state index is -0.114. The molecule has 0 aliphatic rings. The zero-order chi connectivity index (χ0) is 13.2.